The first-order valence-corrected chi connectivity index (χ1v) is 7.33. The molecule has 2 rings (SSSR count). The Hall–Kier alpha value is -1.42. The second-order valence-corrected chi connectivity index (χ2v) is 5.74. The Morgan fingerprint density at radius 3 is 2.50 bits per heavy atom. The standard InChI is InChI=1S/C16H23FN2O/c1-3-11(2)15(18)16(20)19(14-8-9-14)10-12-4-6-13(17)7-5-12/h4-7,11,14-15H,3,8-10,18H2,1-2H3/t11?,15-/m0/s1. The summed E-state index contributed by atoms with van der Waals surface area (Å²) in [5.74, 6) is -0.0579. The summed E-state index contributed by atoms with van der Waals surface area (Å²) in [6, 6.07) is 6.18. The third-order valence-corrected chi connectivity index (χ3v) is 4.08. The average molecular weight is 278 g/mol. The molecule has 0 aliphatic heterocycles. The van der Waals surface area contributed by atoms with Gasteiger partial charge in [0.1, 0.15) is 5.82 Å². The van der Waals surface area contributed by atoms with Gasteiger partial charge in [-0.25, -0.2) is 4.39 Å². The van der Waals surface area contributed by atoms with Crippen molar-refractivity contribution in [3.05, 3.63) is 35.6 Å². The van der Waals surface area contributed by atoms with E-state index in [0.717, 1.165) is 24.8 Å². The summed E-state index contributed by atoms with van der Waals surface area (Å²) in [5.41, 5.74) is 7.01. The maximum Gasteiger partial charge on any atom is 0.240 e. The van der Waals surface area contributed by atoms with Crippen LogP contribution in [0.25, 0.3) is 0 Å². The summed E-state index contributed by atoms with van der Waals surface area (Å²) in [6.07, 6.45) is 2.97. The molecule has 1 aromatic carbocycles. The van der Waals surface area contributed by atoms with Crippen LogP contribution in [0.4, 0.5) is 4.39 Å². The van der Waals surface area contributed by atoms with Gasteiger partial charge in [-0.2, -0.15) is 0 Å². The molecular weight excluding hydrogens is 255 g/mol. The third kappa shape index (κ3) is 3.57. The van der Waals surface area contributed by atoms with Crippen LogP contribution in [-0.2, 0) is 11.3 Å². The summed E-state index contributed by atoms with van der Waals surface area (Å²) in [6.45, 7) is 4.57. The Labute approximate surface area is 120 Å². The molecule has 20 heavy (non-hydrogen) atoms. The zero-order valence-corrected chi connectivity index (χ0v) is 12.2. The molecule has 1 fully saturated rings. The summed E-state index contributed by atoms with van der Waals surface area (Å²) in [7, 11) is 0. The molecule has 0 heterocycles. The van der Waals surface area contributed by atoms with Crippen molar-refractivity contribution in [2.45, 2.75) is 51.7 Å². The van der Waals surface area contributed by atoms with Crippen LogP contribution in [0.5, 0.6) is 0 Å². The number of carbonyl (C=O) groups excluding carboxylic acids is 1. The molecule has 0 radical (unpaired) electrons. The van der Waals surface area contributed by atoms with Crippen LogP contribution < -0.4 is 5.73 Å². The highest BCUT2D eigenvalue weighted by molar-refractivity contribution is 5.82. The van der Waals surface area contributed by atoms with Crippen LogP contribution in [0.1, 0.15) is 38.7 Å². The number of benzene rings is 1. The molecular formula is C16H23FN2O. The number of rotatable bonds is 6. The zero-order valence-electron chi connectivity index (χ0n) is 12.2. The third-order valence-electron chi connectivity index (χ3n) is 4.08. The molecule has 1 aliphatic rings. The molecule has 0 spiro atoms. The number of carbonyl (C=O) groups is 1. The molecule has 1 aromatic rings. The largest absolute Gasteiger partial charge is 0.334 e. The monoisotopic (exact) mass is 278 g/mol. The lowest BCUT2D eigenvalue weighted by Gasteiger charge is -2.28. The Balaban J connectivity index is 2.07. The number of nitrogens with two attached hydrogens (primary N) is 1. The fourth-order valence-electron chi connectivity index (χ4n) is 2.25. The molecule has 1 saturated carbocycles. The highest BCUT2D eigenvalue weighted by Gasteiger charge is 2.35. The smallest absolute Gasteiger partial charge is 0.240 e. The van der Waals surface area contributed by atoms with Crippen molar-refractivity contribution in [3.8, 4) is 0 Å². The van der Waals surface area contributed by atoms with E-state index in [1.54, 1.807) is 12.1 Å². The molecule has 110 valence electrons. The molecule has 0 bridgehead atoms. The van der Waals surface area contributed by atoms with E-state index in [-0.39, 0.29) is 17.6 Å². The van der Waals surface area contributed by atoms with E-state index in [9.17, 15) is 9.18 Å². The van der Waals surface area contributed by atoms with Gasteiger partial charge in [-0.3, -0.25) is 4.79 Å². The number of nitrogens with zero attached hydrogens (tertiary/aromatic N) is 1. The maximum absolute atomic E-state index is 12.9. The number of hydrogen-bond acceptors (Lipinski definition) is 2. The van der Waals surface area contributed by atoms with Gasteiger partial charge in [0.2, 0.25) is 5.91 Å². The molecule has 4 heteroatoms. The summed E-state index contributed by atoms with van der Waals surface area (Å²) >= 11 is 0. The second-order valence-electron chi connectivity index (χ2n) is 5.74. The van der Waals surface area contributed by atoms with Crippen molar-refractivity contribution in [2.24, 2.45) is 11.7 Å². The van der Waals surface area contributed by atoms with Crippen LogP contribution in [-0.4, -0.2) is 22.9 Å². The second kappa shape index (κ2) is 6.35. The van der Waals surface area contributed by atoms with Crippen LogP contribution in [0.15, 0.2) is 24.3 Å². The summed E-state index contributed by atoms with van der Waals surface area (Å²) in [4.78, 5) is 14.4. The van der Waals surface area contributed by atoms with Gasteiger partial charge in [0.25, 0.3) is 0 Å². The van der Waals surface area contributed by atoms with Crippen molar-refractivity contribution < 1.29 is 9.18 Å². The van der Waals surface area contributed by atoms with Crippen molar-refractivity contribution >= 4 is 5.91 Å². The Morgan fingerprint density at radius 1 is 1.40 bits per heavy atom. The van der Waals surface area contributed by atoms with E-state index < -0.39 is 6.04 Å². The SMILES string of the molecule is CCC(C)[C@H](N)C(=O)N(Cc1ccc(F)cc1)C1CC1. The molecule has 3 nitrogen and oxygen atoms in total. The van der Waals surface area contributed by atoms with Crippen molar-refractivity contribution in [1.82, 2.24) is 4.90 Å². The van der Waals surface area contributed by atoms with Crippen LogP contribution >= 0.6 is 0 Å². The van der Waals surface area contributed by atoms with Crippen molar-refractivity contribution in [1.29, 1.82) is 0 Å². The van der Waals surface area contributed by atoms with E-state index >= 15 is 0 Å². The van der Waals surface area contributed by atoms with Gasteiger partial charge in [-0.1, -0.05) is 32.4 Å². The van der Waals surface area contributed by atoms with Crippen molar-refractivity contribution in [2.75, 3.05) is 0 Å². The van der Waals surface area contributed by atoms with Crippen LogP contribution in [0.2, 0.25) is 0 Å². The topological polar surface area (TPSA) is 46.3 Å². The number of halogens is 1. The van der Waals surface area contributed by atoms with Gasteiger partial charge in [-0.15, -0.1) is 0 Å². The van der Waals surface area contributed by atoms with Gasteiger partial charge in [-0.05, 0) is 36.5 Å². The van der Waals surface area contributed by atoms with Crippen molar-refractivity contribution in [3.63, 3.8) is 0 Å². The lowest BCUT2D eigenvalue weighted by Crippen LogP contribution is -2.47. The fraction of sp³-hybridized carbons (Fsp3) is 0.562. The number of amides is 1. The quantitative estimate of drug-likeness (QED) is 0.869. The summed E-state index contributed by atoms with van der Waals surface area (Å²) in [5, 5.41) is 0. The lowest BCUT2D eigenvalue weighted by atomic mass is 9.98. The molecule has 1 amide bonds. The predicted molar refractivity (Wildman–Crippen MR) is 77.4 cm³/mol. The van der Waals surface area contributed by atoms with E-state index in [4.69, 9.17) is 5.73 Å². The van der Waals surface area contributed by atoms with Gasteiger partial charge < -0.3 is 10.6 Å². The molecule has 1 aliphatic carbocycles. The fourth-order valence-corrected chi connectivity index (χ4v) is 2.25. The van der Waals surface area contributed by atoms with Crippen LogP contribution in [0, 0.1) is 11.7 Å². The average Bonchev–Trinajstić information content (AvgIpc) is 3.28. The molecule has 0 aromatic heterocycles. The molecule has 1 unspecified atom stereocenters. The van der Waals surface area contributed by atoms with Crippen LogP contribution in [0.3, 0.4) is 0 Å². The minimum atomic E-state index is -0.443. The van der Waals surface area contributed by atoms with E-state index in [1.165, 1.54) is 12.1 Å². The van der Waals surface area contributed by atoms with E-state index in [2.05, 4.69) is 0 Å². The minimum Gasteiger partial charge on any atom is -0.334 e. The number of hydrogen-bond donors (Lipinski definition) is 1. The highest BCUT2D eigenvalue weighted by Crippen LogP contribution is 2.29. The molecule has 2 atom stereocenters. The van der Waals surface area contributed by atoms with E-state index in [1.807, 2.05) is 18.7 Å². The van der Waals surface area contributed by atoms with Gasteiger partial charge in [0.15, 0.2) is 0 Å². The Morgan fingerprint density at radius 2 is 2.00 bits per heavy atom. The first-order valence-electron chi connectivity index (χ1n) is 7.33. The zero-order chi connectivity index (χ0) is 14.7. The Bertz CT molecular complexity index is 456. The predicted octanol–water partition coefficient (Wildman–Crippen LogP) is 2.69. The lowest BCUT2D eigenvalue weighted by molar-refractivity contribution is -0.135. The van der Waals surface area contributed by atoms with Gasteiger partial charge in [0.05, 0.1) is 6.04 Å². The molecule has 2 N–H and O–H groups in total. The first kappa shape index (κ1) is 15.0. The first-order chi connectivity index (χ1) is 9.52. The van der Waals surface area contributed by atoms with Gasteiger partial charge in [0, 0.05) is 12.6 Å². The summed E-state index contributed by atoms with van der Waals surface area (Å²) < 4.78 is 12.9. The van der Waals surface area contributed by atoms with E-state index in [0.29, 0.717) is 12.6 Å². The maximum atomic E-state index is 12.9. The highest BCUT2D eigenvalue weighted by atomic mass is 19.1. The minimum absolute atomic E-state index is 0.0196. The normalized spacial score (nSPS) is 17.6. The Kier molecular flexibility index (Phi) is 4.76. The van der Waals surface area contributed by atoms with Gasteiger partial charge >= 0.3 is 0 Å². The molecule has 0 saturated heterocycles.